The van der Waals surface area contributed by atoms with E-state index in [-0.39, 0.29) is 12.7 Å². The van der Waals surface area contributed by atoms with Gasteiger partial charge in [-0.1, -0.05) is 23.7 Å². The van der Waals surface area contributed by atoms with Crippen molar-refractivity contribution in [3.63, 3.8) is 0 Å². The summed E-state index contributed by atoms with van der Waals surface area (Å²) in [5.74, 6) is 2.21. The predicted octanol–water partition coefficient (Wildman–Crippen LogP) is 3.18. The minimum Gasteiger partial charge on any atom is -0.481 e. The van der Waals surface area contributed by atoms with Gasteiger partial charge in [-0.15, -0.1) is 0 Å². The average molecular weight is 403 g/mol. The number of halogens is 1. The average Bonchev–Trinajstić information content (AvgIpc) is 3.16. The van der Waals surface area contributed by atoms with Gasteiger partial charge in [0.15, 0.2) is 17.6 Å². The van der Waals surface area contributed by atoms with Gasteiger partial charge in [-0.3, -0.25) is 9.69 Å². The van der Waals surface area contributed by atoms with Crippen molar-refractivity contribution < 1.29 is 19.0 Å². The Morgan fingerprint density at radius 2 is 1.89 bits per heavy atom. The summed E-state index contributed by atoms with van der Waals surface area (Å²) in [5.41, 5.74) is 1.18. The molecule has 0 aliphatic carbocycles. The zero-order valence-electron chi connectivity index (χ0n) is 15.8. The molecule has 0 aromatic heterocycles. The van der Waals surface area contributed by atoms with Gasteiger partial charge in [0, 0.05) is 37.7 Å². The number of carbonyl (C=O) groups is 1. The second-order valence-corrected chi connectivity index (χ2v) is 7.44. The van der Waals surface area contributed by atoms with Gasteiger partial charge in [-0.2, -0.15) is 0 Å². The lowest BCUT2D eigenvalue weighted by molar-refractivity contribution is -0.139. The third-order valence-corrected chi connectivity index (χ3v) is 5.22. The van der Waals surface area contributed by atoms with Crippen molar-refractivity contribution in [2.45, 2.75) is 19.6 Å². The molecule has 0 N–H and O–H groups in total. The van der Waals surface area contributed by atoms with Gasteiger partial charge in [0.25, 0.3) is 5.91 Å². The van der Waals surface area contributed by atoms with Crippen LogP contribution in [-0.4, -0.2) is 54.8 Å². The van der Waals surface area contributed by atoms with Gasteiger partial charge in [0.2, 0.25) is 6.79 Å². The van der Waals surface area contributed by atoms with E-state index in [1.807, 2.05) is 23.1 Å². The smallest absolute Gasteiger partial charge is 0.263 e. The van der Waals surface area contributed by atoms with Crippen molar-refractivity contribution in [3.8, 4) is 17.2 Å². The molecule has 2 aromatic rings. The molecule has 1 atom stereocenters. The fourth-order valence-corrected chi connectivity index (χ4v) is 3.66. The maximum Gasteiger partial charge on any atom is 0.263 e. The van der Waals surface area contributed by atoms with E-state index < -0.39 is 6.10 Å². The second-order valence-electron chi connectivity index (χ2n) is 7.01. The summed E-state index contributed by atoms with van der Waals surface area (Å²) in [4.78, 5) is 16.9. The minimum absolute atomic E-state index is 0.00250. The highest BCUT2D eigenvalue weighted by Gasteiger charge is 2.26. The fraction of sp³-hybridized carbons (Fsp3) is 0.381. The molecule has 0 radical (unpaired) electrons. The van der Waals surface area contributed by atoms with Crippen LogP contribution in [0.2, 0.25) is 5.02 Å². The van der Waals surface area contributed by atoms with E-state index in [0.29, 0.717) is 23.9 Å². The molecule has 2 aliphatic rings. The lowest BCUT2D eigenvalue weighted by Crippen LogP contribution is -2.51. The van der Waals surface area contributed by atoms with Crippen LogP contribution >= 0.6 is 11.6 Å². The third kappa shape index (κ3) is 4.34. The van der Waals surface area contributed by atoms with Gasteiger partial charge in [0.05, 0.1) is 0 Å². The van der Waals surface area contributed by atoms with E-state index >= 15 is 0 Å². The largest absolute Gasteiger partial charge is 0.481 e. The van der Waals surface area contributed by atoms with Gasteiger partial charge >= 0.3 is 0 Å². The first-order valence-corrected chi connectivity index (χ1v) is 9.78. The van der Waals surface area contributed by atoms with E-state index in [1.54, 1.807) is 25.1 Å². The van der Waals surface area contributed by atoms with Crippen LogP contribution in [-0.2, 0) is 11.3 Å². The molecule has 0 unspecified atom stereocenters. The summed E-state index contributed by atoms with van der Waals surface area (Å²) in [6, 6.07) is 13.1. The van der Waals surface area contributed by atoms with E-state index in [0.717, 1.165) is 31.1 Å². The molecule has 1 fully saturated rings. The Labute approximate surface area is 169 Å². The first kappa shape index (κ1) is 18.9. The van der Waals surface area contributed by atoms with Crippen molar-refractivity contribution in [1.29, 1.82) is 0 Å². The zero-order valence-corrected chi connectivity index (χ0v) is 16.5. The lowest BCUT2D eigenvalue weighted by Gasteiger charge is -2.35. The quantitative estimate of drug-likeness (QED) is 0.768. The molecule has 148 valence electrons. The van der Waals surface area contributed by atoms with Crippen LogP contribution in [0.4, 0.5) is 0 Å². The molecule has 1 amide bonds. The fourth-order valence-electron chi connectivity index (χ4n) is 3.48. The number of piperazine rings is 1. The van der Waals surface area contributed by atoms with E-state index in [1.165, 1.54) is 5.56 Å². The summed E-state index contributed by atoms with van der Waals surface area (Å²) in [7, 11) is 0. The van der Waals surface area contributed by atoms with Crippen LogP contribution in [0.25, 0.3) is 0 Å². The maximum atomic E-state index is 12.7. The Bertz CT molecular complexity index is 852. The maximum absolute atomic E-state index is 12.7. The molecular formula is C21H23ClN2O4. The number of carbonyl (C=O) groups excluding carboxylic acids is 1. The van der Waals surface area contributed by atoms with Crippen LogP contribution < -0.4 is 14.2 Å². The zero-order chi connectivity index (χ0) is 19.5. The molecule has 2 aromatic carbocycles. The monoisotopic (exact) mass is 402 g/mol. The molecule has 7 heteroatoms. The third-order valence-electron chi connectivity index (χ3n) is 4.98. The summed E-state index contributed by atoms with van der Waals surface area (Å²) in [6.45, 7) is 5.91. The van der Waals surface area contributed by atoms with Gasteiger partial charge in [-0.25, -0.2) is 0 Å². The van der Waals surface area contributed by atoms with Crippen molar-refractivity contribution >= 4 is 17.5 Å². The van der Waals surface area contributed by atoms with Crippen molar-refractivity contribution in [1.82, 2.24) is 9.80 Å². The highest BCUT2D eigenvalue weighted by atomic mass is 35.5. The lowest BCUT2D eigenvalue weighted by atomic mass is 10.1. The van der Waals surface area contributed by atoms with Gasteiger partial charge in [0.1, 0.15) is 5.75 Å². The molecule has 1 saturated heterocycles. The first-order valence-electron chi connectivity index (χ1n) is 9.40. The minimum atomic E-state index is -0.543. The number of rotatable bonds is 5. The summed E-state index contributed by atoms with van der Waals surface area (Å²) in [6.07, 6.45) is -0.543. The Morgan fingerprint density at radius 3 is 2.68 bits per heavy atom. The Hall–Kier alpha value is -2.44. The van der Waals surface area contributed by atoms with Gasteiger partial charge in [-0.05, 0) is 42.8 Å². The van der Waals surface area contributed by atoms with Crippen LogP contribution in [0.1, 0.15) is 12.5 Å². The van der Waals surface area contributed by atoms with Crippen molar-refractivity contribution in [3.05, 3.63) is 53.1 Å². The molecule has 2 aliphatic heterocycles. The molecule has 6 nitrogen and oxygen atoms in total. The number of benzene rings is 2. The Kier molecular flexibility index (Phi) is 5.59. The normalized spacial score (nSPS) is 17.4. The molecule has 28 heavy (non-hydrogen) atoms. The first-order chi connectivity index (χ1) is 13.6. The number of hydrogen-bond acceptors (Lipinski definition) is 5. The van der Waals surface area contributed by atoms with Crippen molar-refractivity contribution in [2.24, 2.45) is 0 Å². The van der Waals surface area contributed by atoms with E-state index in [9.17, 15) is 4.79 Å². The van der Waals surface area contributed by atoms with Crippen LogP contribution in [0, 0.1) is 0 Å². The Balaban J connectivity index is 1.28. The molecule has 4 rings (SSSR count). The molecule has 0 spiro atoms. The van der Waals surface area contributed by atoms with Gasteiger partial charge < -0.3 is 19.1 Å². The predicted molar refractivity (Wildman–Crippen MR) is 106 cm³/mol. The summed E-state index contributed by atoms with van der Waals surface area (Å²) in [5, 5.41) is 0.592. The topological polar surface area (TPSA) is 51.2 Å². The molecule has 2 heterocycles. The summed E-state index contributed by atoms with van der Waals surface area (Å²) >= 11 is 5.97. The molecule has 0 bridgehead atoms. The molecule has 0 saturated carbocycles. The summed E-state index contributed by atoms with van der Waals surface area (Å²) < 4.78 is 16.6. The van der Waals surface area contributed by atoms with E-state index in [2.05, 4.69) is 11.0 Å². The highest BCUT2D eigenvalue weighted by molar-refractivity contribution is 6.30. The Morgan fingerprint density at radius 1 is 1.11 bits per heavy atom. The van der Waals surface area contributed by atoms with Crippen LogP contribution in [0.3, 0.4) is 0 Å². The number of hydrogen-bond donors (Lipinski definition) is 0. The van der Waals surface area contributed by atoms with E-state index in [4.69, 9.17) is 25.8 Å². The SMILES string of the molecule is C[C@@H](Oc1cccc(Cl)c1)C(=O)N1CCN(Cc2ccc3c(c2)OCO3)CC1. The second kappa shape index (κ2) is 8.29. The standard InChI is InChI=1S/C21H23ClN2O4/c1-15(28-18-4-2-3-17(22)12-18)21(25)24-9-7-23(8-10-24)13-16-5-6-19-20(11-16)27-14-26-19/h2-6,11-12,15H,7-10,13-14H2,1H3/t15-/m1/s1. The highest BCUT2D eigenvalue weighted by Crippen LogP contribution is 2.32. The number of ether oxygens (including phenoxy) is 3. The van der Waals surface area contributed by atoms with Crippen LogP contribution in [0.5, 0.6) is 17.2 Å². The number of amides is 1. The number of nitrogens with zero attached hydrogens (tertiary/aromatic N) is 2. The van der Waals surface area contributed by atoms with Crippen LogP contribution in [0.15, 0.2) is 42.5 Å². The molecular weight excluding hydrogens is 380 g/mol. The van der Waals surface area contributed by atoms with Crippen molar-refractivity contribution in [2.75, 3.05) is 33.0 Å². The number of fused-ring (bicyclic) bond motifs is 1.